The summed E-state index contributed by atoms with van der Waals surface area (Å²) in [5.41, 5.74) is -0.104. The molecular formula is C16H21N3O3S. The fourth-order valence-corrected chi connectivity index (χ4v) is 3.47. The summed E-state index contributed by atoms with van der Waals surface area (Å²) in [6, 6.07) is 3.69. The summed E-state index contributed by atoms with van der Waals surface area (Å²) >= 11 is 1.53. The molecule has 2 aromatic rings. The first-order valence-corrected chi connectivity index (χ1v) is 8.75. The maximum atomic E-state index is 12.2. The summed E-state index contributed by atoms with van der Waals surface area (Å²) in [6.45, 7) is 5.17. The zero-order chi connectivity index (χ0) is 16.1. The molecule has 0 aromatic carbocycles. The topological polar surface area (TPSA) is 63.6 Å². The number of nitrogens with one attached hydrogen (secondary N) is 1. The maximum absolute atomic E-state index is 12.2. The molecule has 0 spiro atoms. The number of hydrogen-bond donors (Lipinski definition) is 1. The number of carbonyl (C=O) groups is 1. The van der Waals surface area contributed by atoms with Crippen molar-refractivity contribution in [3.8, 4) is 0 Å². The lowest BCUT2D eigenvalue weighted by Gasteiger charge is -2.26. The number of aromatic nitrogens is 1. The van der Waals surface area contributed by atoms with Crippen molar-refractivity contribution in [2.24, 2.45) is 0 Å². The molecule has 7 heteroatoms. The number of hydrogen-bond acceptors (Lipinski definition) is 5. The van der Waals surface area contributed by atoms with E-state index in [1.807, 2.05) is 11.4 Å². The molecule has 2 aromatic heterocycles. The normalized spacial score (nSPS) is 15.8. The fourth-order valence-electron chi connectivity index (χ4n) is 2.70. The van der Waals surface area contributed by atoms with Crippen molar-refractivity contribution in [2.45, 2.75) is 13.0 Å². The quantitative estimate of drug-likeness (QED) is 0.797. The molecule has 0 atom stereocenters. The molecule has 1 aliphatic rings. The first kappa shape index (κ1) is 16.2. The van der Waals surface area contributed by atoms with Gasteiger partial charge in [0.05, 0.1) is 18.6 Å². The summed E-state index contributed by atoms with van der Waals surface area (Å²) < 4.78 is 7.72. The van der Waals surface area contributed by atoms with Crippen molar-refractivity contribution in [1.29, 1.82) is 0 Å². The molecule has 0 bridgehead atoms. The lowest BCUT2D eigenvalue weighted by Crippen LogP contribution is -2.38. The zero-order valence-corrected chi connectivity index (χ0v) is 13.8. The predicted molar refractivity (Wildman–Crippen MR) is 91.0 cm³/mol. The second kappa shape index (κ2) is 7.72. The zero-order valence-electron chi connectivity index (χ0n) is 13.0. The monoisotopic (exact) mass is 335 g/mol. The third-order valence-electron chi connectivity index (χ3n) is 3.98. The second-order valence-electron chi connectivity index (χ2n) is 5.60. The van der Waals surface area contributed by atoms with Gasteiger partial charge in [0.2, 0.25) is 5.91 Å². The summed E-state index contributed by atoms with van der Waals surface area (Å²) in [4.78, 5) is 26.6. The van der Waals surface area contributed by atoms with Crippen molar-refractivity contribution in [2.75, 3.05) is 39.4 Å². The van der Waals surface area contributed by atoms with Gasteiger partial charge in [0.1, 0.15) is 6.54 Å². The van der Waals surface area contributed by atoms with Gasteiger partial charge in [-0.2, -0.15) is 0 Å². The minimum atomic E-state index is -0.122. The van der Waals surface area contributed by atoms with Crippen LogP contribution in [0.4, 0.5) is 0 Å². The van der Waals surface area contributed by atoms with Crippen molar-refractivity contribution in [3.63, 3.8) is 0 Å². The van der Waals surface area contributed by atoms with Gasteiger partial charge in [-0.25, -0.2) is 0 Å². The number of thiophene rings is 1. The fraction of sp³-hybridized carbons (Fsp3) is 0.500. The molecule has 1 aliphatic heterocycles. The molecule has 3 heterocycles. The van der Waals surface area contributed by atoms with Crippen LogP contribution in [0.15, 0.2) is 28.5 Å². The van der Waals surface area contributed by atoms with E-state index >= 15 is 0 Å². The molecule has 124 valence electrons. The highest BCUT2D eigenvalue weighted by atomic mass is 32.1. The first-order chi connectivity index (χ1) is 11.2. The van der Waals surface area contributed by atoms with E-state index in [4.69, 9.17) is 4.74 Å². The van der Waals surface area contributed by atoms with Crippen molar-refractivity contribution in [3.05, 3.63) is 34.1 Å². The van der Waals surface area contributed by atoms with Gasteiger partial charge in [0, 0.05) is 30.5 Å². The molecule has 0 unspecified atom stereocenters. The van der Waals surface area contributed by atoms with Crippen LogP contribution in [0.5, 0.6) is 0 Å². The largest absolute Gasteiger partial charge is 0.379 e. The SMILES string of the molecule is O=C(Cn1ccc2sccc2c1=O)NCCCN1CCOCC1. The number of nitrogens with zero attached hydrogens (tertiary/aromatic N) is 2. The van der Waals surface area contributed by atoms with Crippen LogP contribution in [0.2, 0.25) is 0 Å². The van der Waals surface area contributed by atoms with Crippen LogP contribution in [-0.4, -0.2) is 54.8 Å². The molecule has 6 nitrogen and oxygen atoms in total. The number of ether oxygens (including phenoxy) is 1. The molecule has 3 rings (SSSR count). The third kappa shape index (κ3) is 4.19. The van der Waals surface area contributed by atoms with Gasteiger partial charge in [-0.3, -0.25) is 14.5 Å². The number of rotatable bonds is 6. The highest BCUT2D eigenvalue weighted by molar-refractivity contribution is 7.17. The summed E-state index contributed by atoms with van der Waals surface area (Å²) in [7, 11) is 0. The van der Waals surface area contributed by atoms with Crippen molar-refractivity contribution in [1.82, 2.24) is 14.8 Å². The smallest absolute Gasteiger partial charge is 0.259 e. The van der Waals surface area contributed by atoms with E-state index in [1.54, 1.807) is 12.3 Å². The highest BCUT2D eigenvalue weighted by Gasteiger charge is 2.10. The van der Waals surface area contributed by atoms with Crippen LogP contribution in [0.1, 0.15) is 6.42 Å². The second-order valence-corrected chi connectivity index (χ2v) is 6.55. The first-order valence-electron chi connectivity index (χ1n) is 7.87. The molecule has 0 radical (unpaired) electrons. The third-order valence-corrected chi connectivity index (χ3v) is 4.87. The van der Waals surface area contributed by atoms with Gasteiger partial charge >= 0.3 is 0 Å². The van der Waals surface area contributed by atoms with Gasteiger partial charge in [0.15, 0.2) is 0 Å². The Labute approximate surface area is 138 Å². The highest BCUT2D eigenvalue weighted by Crippen LogP contribution is 2.15. The Morgan fingerprint density at radius 3 is 2.96 bits per heavy atom. The van der Waals surface area contributed by atoms with Gasteiger partial charge in [-0.15, -0.1) is 11.3 Å². The van der Waals surface area contributed by atoms with Crippen molar-refractivity contribution < 1.29 is 9.53 Å². The van der Waals surface area contributed by atoms with E-state index in [-0.39, 0.29) is 18.0 Å². The minimum Gasteiger partial charge on any atom is -0.379 e. The Kier molecular flexibility index (Phi) is 5.43. The average Bonchev–Trinajstić information content (AvgIpc) is 3.05. The average molecular weight is 335 g/mol. The van der Waals surface area contributed by atoms with Crippen LogP contribution >= 0.6 is 11.3 Å². The molecular weight excluding hydrogens is 314 g/mol. The van der Waals surface area contributed by atoms with Crippen LogP contribution in [-0.2, 0) is 16.1 Å². The van der Waals surface area contributed by atoms with Crippen LogP contribution in [0.3, 0.4) is 0 Å². The van der Waals surface area contributed by atoms with Gasteiger partial charge in [-0.05, 0) is 30.5 Å². The molecule has 23 heavy (non-hydrogen) atoms. The van der Waals surface area contributed by atoms with E-state index in [1.165, 1.54) is 15.9 Å². The van der Waals surface area contributed by atoms with Crippen LogP contribution in [0.25, 0.3) is 10.1 Å². The lowest BCUT2D eigenvalue weighted by atomic mass is 10.3. The molecule has 1 fully saturated rings. The van der Waals surface area contributed by atoms with Crippen LogP contribution in [0, 0.1) is 0 Å². The van der Waals surface area contributed by atoms with E-state index in [0.717, 1.165) is 44.0 Å². The molecule has 0 aliphatic carbocycles. The number of fused-ring (bicyclic) bond motifs is 1. The van der Waals surface area contributed by atoms with Crippen LogP contribution < -0.4 is 10.9 Å². The Hall–Kier alpha value is -1.70. The van der Waals surface area contributed by atoms with Gasteiger partial charge < -0.3 is 14.6 Å². The van der Waals surface area contributed by atoms with Crippen molar-refractivity contribution >= 4 is 27.3 Å². The minimum absolute atomic E-state index is 0.0716. The van der Waals surface area contributed by atoms with E-state index in [9.17, 15) is 9.59 Å². The Morgan fingerprint density at radius 2 is 2.13 bits per heavy atom. The lowest BCUT2D eigenvalue weighted by molar-refractivity contribution is -0.121. The predicted octanol–water partition coefficient (Wildman–Crippen LogP) is 0.901. The summed E-state index contributed by atoms with van der Waals surface area (Å²) in [6.07, 6.45) is 2.60. The maximum Gasteiger partial charge on any atom is 0.259 e. The van der Waals surface area contributed by atoms with E-state index in [0.29, 0.717) is 11.9 Å². The number of carbonyl (C=O) groups excluding carboxylic acids is 1. The molecule has 1 amide bonds. The molecule has 0 saturated carbocycles. The Balaban J connectivity index is 1.45. The van der Waals surface area contributed by atoms with Gasteiger partial charge in [0.25, 0.3) is 5.56 Å². The summed E-state index contributed by atoms with van der Waals surface area (Å²) in [5.74, 6) is -0.122. The standard InChI is InChI=1S/C16H21N3O3S/c20-15(17-4-1-5-18-7-9-22-10-8-18)12-19-6-2-14-13(16(19)21)3-11-23-14/h2-3,6,11H,1,4-5,7-10,12H2,(H,17,20). The van der Waals surface area contributed by atoms with E-state index < -0.39 is 0 Å². The molecule has 1 N–H and O–H groups in total. The Morgan fingerprint density at radius 1 is 1.30 bits per heavy atom. The number of morpholine rings is 1. The number of amides is 1. The van der Waals surface area contributed by atoms with E-state index in [2.05, 4.69) is 10.2 Å². The van der Waals surface area contributed by atoms with Gasteiger partial charge in [-0.1, -0.05) is 0 Å². The Bertz CT molecular complexity index is 719. The molecule has 1 saturated heterocycles. The number of pyridine rings is 1. The summed E-state index contributed by atoms with van der Waals surface area (Å²) in [5, 5.41) is 5.46.